The number of nitrogens with zero attached hydrogens (tertiary/aromatic N) is 3. The van der Waals surface area contributed by atoms with Crippen molar-refractivity contribution in [3.8, 4) is 5.69 Å². The van der Waals surface area contributed by atoms with E-state index in [2.05, 4.69) is 60.5 Å². The van der Waals surface area contributed by atoms with Gasteiger partial charge in [-0.1, -0.05) is 19.9 Å². The van der Waals surface area contributed by atoms with Gasteiger partial charge < -0.3 is 9.47 Å². The molecule has 2 aromatic rings. The molecule has 0 saturated carbocycles. The average molecular weight is 241 g/mol. The van der Waals surface area contributed by atoms with Gasteiger partial charge in [0.2, 0.25) is 0 Å². The molecule has 3 nitrogen and oxygen atoms in total. The Balaban J connectivity index is 2.13. The van der Waals surface area contributed by atoms with Gasteiger partial charge in [0.25, 0.3) is 0 Å². The largest absolute Gasteiger partial charge is 0.373 e. The molecule has 94 valence electrons. The van der Waals surface area contributed by atoms with Gasteiger partial charge in [0.1, 0.15) is 0 Å². The number of hydrogen-bond donors (Lipinski definition) is 0. The number of aryl methyl sites for hydroxylation is 1. The Morgan fingerprint density at radius 1 is 1.28 bits per heavy atom. The monoisotopic (exact) mass is 241 g/mol. The van der Waals surface area contributed by atoms with Gasteiger partial charge in [-0.2, -0.15) is 0 Å². The Morgan fingerprint density at radius 2 is 2.06 bits per heavy atom. The summed E-state index contributed by atoms with van der Waals surface area (Å²) in [7, 11) is 2.16. The average Bonchev–Trinajstić information content (AvgIpc) is 2.82. The van der Waals surface area contributed by atoms with Crippen LogP contribution in [0.15, 0.2) is 30.7 Å². The highest BCUT2D eigenvalue weighted by Gasteiger charge is 2.33. The van der Waals surface area contributed by atoms with Crippen molar-refractivity contribution in [2.75, 3.05) is 18.5 Å². The van der Waals surface area contributed by atoms with E-state index in [0.29, 0.717) is 0 Å². The third kappa shape index (κ3) is 1.54. The molecule has 3 heteroatoms. The molecule has 0 bridgehead atoms. The Kier molecular flexibility index (Phi) is 2.27. The molecule has 0 N–H and O–H groups in total. The molecule has 0 spiro atoms. The van der Waals surface area contributed by atoms with Crippen molar-refractivity contribution in [3.05, 3.63) is 42.0 Å². The third-order valence-corrected chi connectivity index (χ3v) is 3.86. The maximum Gasteiger partial charge on any atom is 0.0994 e. The molecule has 1 aliphatic rings. The number of rotatable bonds is 1. The second-order valence-electron chi connectivity index (χ2n) is 5.85. The molecule has 0 atom stereocenters. The highest BCUT2D eigenvalue weighted by Crippen LogP contribution is 2.40. The summed E-state index contributed by atoms with van der Waals surface area (Å²) in [4.78, 5) is 6.53. The Labute approximate surface area is 108 Å². The first-order chi connectivity index (χ1) is 8.49. The molecule has 0 saturated heterocycles. The first-order valence-electron chi connectivity index (χ1n) is 6.34. The fourth-order valence-electron chi connectivity index (χ4n) is 2.95. The number of benzene rings is 1. The first kappa shape index (κ1) is 11.3. The van der Waals surface area contributed by atoms with Crippen LogP contribution >= 0.6 is 0 Å². The Morgan fingerprint density at radius 3 is 2.72 bits per heavy atom. The van der Waals surface area contributed by atoms with Crippen molar-refractivity contribution >= 4 is 5.69 Å². The second kappa shape index (κ2) is 3.61. The number of likely N-dealkylation sites (N-methyl/N-ethyl adjacent to an activating group) is 1. The molecule has 0 unspecified atom stereocenters. The summed E-state index contributed by atoms with van der Waals surface area (Å²) in [5.41, 5.74) is 5.37. The van der Waals surface area contributed by atoms with Gasteiger partial charge in [0.05, 0.1) is 6.33 Å². The van der Waals surface area contributed by atoms with Crippen LogP contribution in [0.2, 0.25) is 0 Å². The molecule has 1 aliphatic heterocycles. The molecule has 18 heavy (non-hydrogen) atoms. The molecular formula is C15H19N3. The number of aromatic nitrogens is 2. The van der Waals surface area contributed by atoms with Crippen LogP contribution in [-0.2, 0) is 5.41 Å². The van der Waals surface area contributed by atoms with Crippen molar-refractivity contribution in [2.24, 2.45) is 0 Å². The van der Waals surface area contributed by atoms with Crippen LogP contribution in [0.4, 0.5) is 5.69 Å². The van der Waals surface area contributed by atoms with E-state index in [9.17, 15) is 0 Å². The lowest BCUT2D eigenvalue weighted by Crippen LogP contribution is -2.24. The summed E-state index contributed by atoms with van der Waals surface area (Å²) >= 11 is 0. The quantitative estimate of drug-likeness (QED) is 0.765. The predicted molar refractivity (Wildman–Crippen MR) is 74.6 cm³/mol. The molecule has 0 fully saturated rings. The SMILES string of the molecule is Cc1cncn1-c1ccc2c(c1)N(C)CC2(C)C. The van der Waals surface area contributed by atoms with Gasteiger partial charge in [-0.05, 0) is 24.6 Å². The van der Waals surface area contributed by atoms with E-state index in [1.165, 1.54) is 16.9 Å². The van der Waals surface area contributed by atoms with Crippen LogP contribution in [0.5, 0.6) is 0 Å². The van der Waals surface area contributed by atoms with Crippen LogP contribution in [-0.4, -0.2) is 23.1 Å². The van der Waals surface area contributed by atoms with Crippen LogP contribution in [0.1, 0.15) is 25.1 Å². The molecule has 0 amide bonds. The lowest BCUT2D eigenvalue weighted by Gasteiger charge is -2.18. The van der Waals surface area contributed by atoms with E-state index in [0.717, 1.165) is 12.2 Å². The molecule has 0 radical (unpaired) electrons. The third-order valence-electron chi connectivity index (χ3n) is 3.86. The van der Waals surface area contributed by atoms with Crippen molar-refractivity contribution in [3.63, 3.8) is 0 Å². The summed E-state index contributed by atoms with van der Waals surface area (Å²) in [6, 6.07) is 6.71. The van der Waals surface area contributed by atoms with Gasteiger partial charge in [-0.15, -0.1) is 0 Å². The number of fused-ring (bicyclic) bond motifs is 1. The van der Waals surface area contributed by atoms with Crippen LogP contribution in [0, 0.1) is 6.92 Å². The fraction of sp³-hybridized carbons (Fsp3) is 0.400. The standard InChI is InChI=1S/C15H19N3/c1-11-8-16-10-18(11)12-5-6-13-14(7-12)17(4)9-15(13,2)3/h5-8,10H,9H2,1-4H3. The zero-order valence-corrected chi connectivity index (χ0v) is 11.4. The fourth-order valence-corrected chi connectivity index (χ4v) is 2.95. The smallest absolute Gasteiger partial charge is 0.0994 e. The van der Waals surface area contributed by atoms with Gasteiger partial charge in [0.15, 0.2) is 0 Å². The van der Waals surface area contributed by atoms with Gasteiger partial charge >= 0.3 is 0 Å². The maximum atomic E-state index is 4.19. The van der Waals surface area contributed by atoms with Crippen LogP contribution in [0.25, 0.3) is 5.69 Å². The maximum absolute atomic E-state index is 4.19. The zero-order chi connectivity index (χ0) is 12.9. The minimum atomic E-state index is 0.243. The molecule has 1 aromatic heterocycles. The highest BCUT2D eigenvalue weighted by molar-refractivity contribution is 5.65. The molecule has 2 heterocycles. The van der Waals surface area contributed by atoms with E-state index in [1.54, 1.807) is 0 Å². The lowest BCUT2D eigenvalue weighted by atomic mass is 9.87. The summed E-state index contributed by atoms with van der Waals surface area (Å²) in [5, 5.41) is 0. The number of hydrogen-bond acceptors (Lipinski definition) is 2. The summed E-state index contributed by atoms with van der Waals surface area (Å²) in [6.45, 7) is 7.76. The minimum Gasteiger partial charge on any atom is -0.373 e. The lowest BCUT2D eigenvalue weighted by molar-refractivity contribution is 0.563. The zero-order valence-electron chi connectivity index (χ0n) is 11.4. The van der Waals surface area contributed by atoms with E-state index >= 15 is 0 Å². The van der Waals surface area contributed by atoms with Crippen LogP contribution < -0.4 is 4.90 Å². The normalized spacial score (nSPS) is 17.0. The summed E-state index contributed by atoms with van der Waals surface area (Å²) in [5.74, 6) is 0. The molecular weight excluding hydrogens is 222 g/mol. The first-order valence-corrected chi connectivity index (χ1v) is 6.34. The van der Waals surface area contributed by atoms with Gasteiger partial charge in [-0.3, -0.25) is 0 Å². The van der Waals surface area contributed by atoms with Crippen LogP contribution in [0.3, 0.4) is 0 Å². The molecule has 3 rings (SSSR count). The van der Waals surface area contributed by atoms with E-state index in [-0.39, 0.29) is 5.41 Å². The summed E-state index contributed by atoms with van der Waals surface area (Å²) in [6.07, 6.45) is 3.76. The van der Waals surface area contributed by atoms with Crippen molar-refractivity contribution in [1.82, 2.24) is 9.55 Å². The van der Waals surface area contributed by atoms with Crippen molar-refractivity contribution in [2.45, 2.75) is 26.2 Å². The topological polar surface area (TPSA) is 21.1 Å². The Hall–Kier alpha value is -1.77. The van der Waals surface area contributed by atoms with Crippen molar-refractivity contribution < 1.29 is 0 Å². The highest BCUT2D eigenvalue weighted by atomic mass is 15.1. The number of imidazole rings is 1. The second-order valence-corrected chi connectivity index (χ2v) is 5.85. The molecule has 0 aliphatic carbocycles. The van der Waals surface area contributed by atoms with Gasteiger partial charge in [-0.25, -0.2) is 4.98 Å². The van der Waals surface area contributed by atoms with Crippen molar-refractivity contribution in [1.29, 1.82) is 0 Å². The minimum absolute atomic E-state index is 0.243. The summed E-state index contributed by atoms with van der Waals surface area (Å²) < 4.78 is 2.12. The van der Waals surface area contributed by atoms with E-state index < -0.39 is 0 Å². The predicted octanol–water partition coefficient (Wildman–Crippen LogP) is 2.91. The van der Waals surface area contributed by atoms with Gasteiger partial charge in [0, 0.05) is 42.3 Å². The van der Waals surface area contributed by atoms with E-state index in [1.807, 2.05) is 12.5 Å². The van der Waals surface area contributed by atoms with E-state index in [4.69, 9.17) is 0 Å². The Bertz CT molecular complexity index is 596. The molecule has 1 aromatic carbocycles. The number of anilines is 1.